The molecule has 5 amide bonds. The van der Waals surface area contributed by atoms with Gasteiger partial charge < -0.3 is 36.8 Å². The fourth-order valence-electron chi connectivity index (χ4n) is 2.25. The Hall–Kier alpha value is -4.16. The summed E-state index contributed by atoms with van der Waals surface area (Å²) in [4.78, 5) is 68.8. The van der Waals surface area contributed by atoms with Gasteiger partial charge in [0.05, 0.1) is 6.54 Å². The first-order valence-electron chi connectivity index (χ1n) is 9.45. The van der Waals surface area contributed by atoms with Crippen molar-refractivity contribution in [2.75, 3.05) is 19.6 Å². The molecule has 174 valence electrons. The van der Waals surface area contributed by atoms with Crippen molar-refractivity contribution in [2.45, 2.75) is 25.5 Å². The monoisotopic (exact) mass is 451 g/mol. The summed E-state index contributed by atoms with van der Waals surface area (Å²) >= 11 is 0. The number of primary amides is 1. The van der Waals surface area contributed by atoms with Crippen LogP contribution in [0.25, 0.3) is 0 Å². The quantitative estimate of drug-likeness (QED) is 0.197. The fourth-order valence-corrected chi connectivity index (χ4v) is 2.25. The first-order chi connectivity index (χ1) is 15.2. The highest BCUT2D eigenvalue weighted by Crippen LogP contribution is 2.00. The number of aliphatic carboxylic acids is 1. The molecule has 0 saturated heterocycles. The molecule has 1 aromatic carbocycles. The number of carbonyl (C=O) groups excluding carboxylic acids is 5. The number of carboxylic acids is 1. The Kier molecular flexibility index (Phi) is 11.3. The molecular formula is C19H25N5O8. The average Bonchev–Trinajstić information content (AvgIpc) is 2.76. The van der Waals surface area contributed by atoms with Crippen molar-refractivity contribution in [3.05, 3.63) is 35.9 Å². The molecule has 0 saturated carbocycles. The van der Waals surface area contributed by atoms with Crippen molar-refractivity contribution >= 4 is 35.7 Å². The van der Waals surface area contributed by atoms with Crippen LogP contribution in [-0.2, 0) is 35.3 Å². The summed E-state index contributed by atoms with van der Waals surface area (Å²) in [7, 11) is 0. The lowest BCUT2D eigenvalue weighted by Gasteiger charge is -2.17. The molecule has 32 heavy (non-hydrogen) atoms. The van der Waals surface area contributed by atoms with E-state index in [1.165, 1.54) is 0 Å². The molecule has 13 heteroatoms. The van der Waals surface area contributed by atoms with Crippen LogP contribution in [-0.4, -0.2) is 66.5 Å². The lowest BCUT2D eigenvalue weighted by Crippen LogP contribution is -2.51. The molecule has 0 spiro atoms. The molecule has 0 aliphatic heterocycles. The summed E-state index contributed by atoms with van der Waals surface area (Å²) in [5, 5.41) is 17.4. The van der Waals surface area contributed by atoms with E-state index in [2.05, 4.69) is 21.3 Å². The van der Waals surface area contributed by atoms with Crippen LogP contribution in [0.15, 0.2) is 30.3 Å². The van der Waals surface area contributed by atoms with Crippen LogP contribution in [0.2, 0.25) is 0 Å². The lowest BCUT2D eigenvalue weighted by molar-refractivity contribution is -0.138. The molecule has 0 unspecified atom stereocenters. The first-order valence-corrected chi connectivity index (χ1v) is 9.45. The summed E-state index contributed by atoms with van der Waals surface area (Å²) in [6.07, 6.45) is -1.21. The Morgan fingerprint density at radius 1 is 0.906 bits per heavy atom. The van der Waals surface area contributed by atoms with Crippen molar-refractivity contribution in [2.24, 2.45) is 5.73 Å². The Bertz CT molecular complexity index is 830. The number of nitrogens with one attached hydrogen (secondary N) is 4. The number of ether oxygens (including phenoxy) is 1. The Morgan fingerprint density at radius 3 is 2.19 bits per heavy atom. The van der Waals surface area contributed by atoms with Gasteiger partial charge >= 0.3 is 12.1 Å². The molecule has 0 bridgehead atoms. The first kappa shape index (κ1) is 25.9. The standard InChI is InChI=1S/C19H25N5O8/c20-14(25)7-6-13(18(30)22-10-17(28)29)24-16(27)9-21-15(26)8-23-19(31)32-11-12-4-2-1-3-5-12/h1-5,13H,6-11H2,(H2,20,25)(H,21,26)(H,22,30)(H,23,31)(H,24,27)(H,28,29)/t13-/m0/s1. The Labute approximate surface area is 183 Å². The van der Waals surface area contributed by atoms with Crippen molar-refractivity contribution in [3.8, 4) is 0 Å². The van der Waals surface area contributed by atoms with Crippen molar-refractivity contribution in [3.63, 3.8) is 0 Å². The van der Waals surface area contributed by atoms with Crippen LogP contribution in [0, 0.1) is 0 Å². The van der Waals surface area contributed by atoms with Gasteiger partial charge in [-0.25, -0.2) is 4.79 Å². The van der Waals surface area contributed by atoms with Gasteiger partial charge in [-0.05, 0) is 12.0 Å². The summed E-state index contributed by atoms with van der Waals surface area (Å²) in [5.41, 5.74) is 5.79. The number of rotatable bonds is 13. The van der Waals surface area contributed by atoms with E-state index in [-0.39, 0.29) is 19.4 Å². The van der Waals surface area contributed by atoms with E-state index in [0.717, 1.165) is 5.56 Å². The second kappa shape index (κ2) is 14.0. The molecule has 0 heterocycles. The van der Waals surface area contributed by atoms with E-state index in [9.17, 15) is 28.8 Å². The molecule has 7 N–H and O–H groups in total. The van der Waals surface area contributed by atoms with Crippen LogP contribution in [0.3, 0.4) is 0 Å². The molecule has 1 aromatic rings. The number of carboxylic acid groups (broad SMARTS) is 1. The molecule has 0 radical (unpaired) electrons. The minimum Gasteiger partial charge on any atom is -0.480 e. The lowest BCUT2D eigenvalue weighted by atomic mass is 10.1. The van der Waals surface area contributed by atoms with Crippen LogP contribution in [0.1, 0.15) is 18.4 Å². The van der Waals surface area contributed by atoms with Gasteiger partial charge in [0, 0.05) is 6.42 Å². The van der Waals surface area contributed by atoms with Gasteiger partial charge in [0.2, 0.25) is 23.6 Å². The predicted molar refractivity (Wildman–Crippen MR) is 109 cm³/mol. The molecule has 0 fully saturated rings. The molecule has 13 nitrogen and oxygen atoms in total. The maximum absolute atomic E-state index is 12.0. The third-order valence-corrected chi connectivity index (χ3v) is 3.80. The number of benzene rings is 1. The van der Waals surface area contributed by atoms with Crippen LogP contribution in [0.4, 0.5) is 4.79 Å². The third kappa shape index (κ3) is 11.7. The van der Waals surface area contributed by atoms with Gasteiger partial charge in [0.1, 0.15) is 25.7 Å². The summed E-state index contributed by atoms with van der Waals surface area (Å²) in [5.74, 6) is -4.30. The van der Waals surface area contributed by atoms with Gasteiger partial charge in [-0.2, -0.15) is 0 Å². The maximum atomic E-state index is 12.0. The summed E-state index contributed by atoms with van der Waals surface area (Å²) in [6, 6.07) is 7.67. The minimum absolute atomic E-state index is 0.0212. The van der Waals surface area contributed by atoms with E-state index in [4.69, 9.17) is 15.6 Å². The molecule has 0 aromatic heterocycles. The van der Waals surface area contributed by atoms with Crippen LogP contribution in [0.5, 0.6) is 0 Å². The summed E-state index contributed by atoms with van der Waals surface area (Å²) < 4.78 is 4.94. The van der Waals surface area contributed by atoms with Crippen molar-refractivity contribution in [1.29, 1.82) is 0 Å². The molecule has 1 rings (SSSR count). The number of amides is 5. The topological polar surface area (TPSA) is 206 Å². The summed E-state index contributed by atoms with van der Waals surface area (Å²) in [6.45, 7) is -1.64. The van der Waals surface area contributed by atoms with Gasteiger partial charge in [0.25, 0.3) is 0 Å². The van der Waals surface area contributed by atoms with Gasteiger partial charge in [-0.15, -0.1) is 0 Å². The number of hydrogen-bond acceptors (Lipinski definition) is 7. The van der Waals surface area contributed by atoms with Crippen molar-refractivity contribution in [1.82, 2.24) is 21.3 Å². The molecule has 0 aliphatic rings. The Balaban J connectivity index is 2.37. The van der Waals surface area contributed by atoms with E-state index in [1.807, 2.05) is 6.07 Å². The van der Waals surface area contributed by atoms with Crippen molar-refractivity contribution < 1.29 is 38.6 Å². The number of carbonyl (C=O) groups is 6. The molecule has 0 aliphatic carbocycles. The highest BCUT2D eigenvalue weighted by atomic mass is 16.5. The van der Waals surface area contributed by atoms with Gasteiger partial charge in [-0.3, -0.25) is 24.0 Å². The molecular weight excluding hydrogens is 426 g/mol. The average molecular weight is 451 g/mol. The smallest absolute Gasteiger partial charge is 0.407 e. The minimum atomic E-state index is -1.29. The molecule has 1 atom stereocenters. The van der Waals surface area contributed by atoms with E-state index in [0.29, 0.717) is 0 Å². The van der Waals surface area contributed by atoms with E-state index < -0.39 is 61.4 Å². The zero-order valence-electron chi connectivity index (χ0n) is 17.1. The van der Waals surface area contributed by atoms with Gasteiger partial charge in [-0.1, -0.05) is 30.3 Å². The largest absolute Gasteiger partial charge is 0.480 e. The third-order valence-electron chi connectivity index (χ3n) is 3.80. The highest BCUT2D eigenvalue weighted by Gasteiger charge is 2.22. The van der Waals surface area contributed by atoms with E-state index >= 15 is 0 Å². The zero-order valence-corrected chi connectivity index (χ0v) is 17.1. The second-order valence-electron chi connectivity index (χ2n) is 6.43. The van der Waals surface area contributed by atoms with Crippen LogP contribution >= 0.6 is 0 Å². The normalized spacial score (nSPS) is 10.9. The Morgan fingerprint density at radius 2 is 1.56 bits per heavy atom. The number of hydrogen-bond donors (Lipinski definition) is 6. The highest BCUT2D eigenvalue weighted by molar-refractivity contribution is 5.92. The zero-order chi connectivity index (χ0) is 23.9. The van der Waals surface area contributed by atoms with Gasteiger partial charge in [0.15, 0.2) is 0 Å². The van der Waals surface area contributed by atoms with Crippen LogP contribution < -0.4 is 27.0 Å². The second-order valence-corrected chi connectivity index (χ2v) is 6.43. The number of nitrogens with two attached hydrogens (primary N) is 1. The maximum Gasteiger partial charge on any atom is 0.407 e. The number of alkyl carbamates (subject to hydrolysis) is 1. The SMILES string of the molecule is NC(=O)CC[C@H](NC(=O)CNC(=O)CNC(=O)OCc1ccccc1)C(=O)NCC(=O)O. The predicted octanol–water partition coefficient (Wildman–Crippen LogP) is -2.02. The van der Waals surface area contributed by atoms with E-state index in [1.54, 1.807) is 24.3 Å². The fraction of sp³-hybridized carbons (Fsp3) is 0.368.